The van der Waals surface area contributed by atoms with Gasteiger partial charge in [0, 0.05) is 36.7 Å². The predicted molar refractivity (Wildman–Crippen MR) is 135 cm³/mol. The van der Waals surface area contributed by atoms with Crippen molar-refractivity contribution in [2.45, 2.75) is 20.8 Å². The molecule has 6 heteroatoms. The molecule has 168 valence electrons. The van der Waals surface area contributed by atoms with Crippen molar-refractivity contribution in [3.05, 3.63) is 87.2 Å². The molecule has 1 fully saturated rings. The van der Waals surface area contributed by atoms with Gasteiger partial charge in [-0.15, -0.1) is 11.3 Å². The van der Waals surface area contributed by atoms with E-state index >= 15 is 0 Å². The maximum absolute atomic E-state index is 13.7. The molecule has 1 saturated heterocycles. The first-order chi connectivity index (χ1) is 15.9. The van der Waals surface area contributed by atoms with Crippen LogP contribution < -0.4 is 9.80 Å². The molecule has 5 rings (SSSR count). The Balaban J connectivity index is 1.47. The van der Waals surface area contributed by atoms with Gasteiger partial charge in [-0.3, -0.25) is 9.59 Å². The first-order valence-corrected chi connectivity index (χ1v) is 12.1. The van der Waals surface area contributed by atoms with Gasteiger partial charge in [-0.05, 0) is 73.2 Å². The third kappa shape index (κ3) is 3.85. The number of amides is 2. The van der Waals surface area contributed by atoms with Crippen molar-refractivity contribution in [1.29, 1.82) is 0 Å². The molecule has 0 saturated carbocycles. The molecule has 5 nitrogen and oxygen atoms in total. The van der Waals surface area contributed by atoms with E-state index in [1.54, 1.807) is 0 Å². The van der Waals surface area contributed by atoms with Crippen LogP contribution in [0.5, 0.6) is 0 Å². The molecule has 3 heterocycles. The quantitative estimate of drug-likeness (QED) is 0.529. The zero-order valence-corrected chi connectivity index (χ0v) is 20.0. The van der Waals surface area contributed by atoms with E-state index in [1.165, 1.54) is 27.5 Å². The van der Waals surface area contributed by atoms with Gasteiger partial charge in [-0.25, -0.2) is 4.90 Å². The third-order valence-corrected chi connectivity index (χ3v) is 7.43. The average Bonchev–Trinajstić information content (AvgIpc) is 3.42. The van der Waals surface area contributed by atoms with E-state index in [1.807, 2.05) is 49.6 Å². The molecule has 0 radical (unpaired) electrons. The van der Waals surface area contributed by atoms with Gasteiger partial charge in [0.15, 0.2) is 0 Å². The number of carbonyl (C=O) groups is 2. The number of aryl methyl sites for hydroxylation is 3. The van der Waals surface area contributed by atoms with E-state index in [2.05, 4.69) is 41.0 Å². The highest BCUT2D eigenvalue weighted by molar-refractivity contribution is 7.11. The Morgan fingerprint density at radius 2 is 1.48 bits per heavy atom. The van der Waals surface area contributed by atoms with Gasteiger partial charge < -0.3 is 9.80 Å². The Morgan fingerprint density at radius 3 is 2.15 bits per heavy atom. The monoisotopic (exact) mass is 457 g/mol. The molecule has 2 aliphatic heterocycles. The fraction of sp³-hybridized carbons (Fsp3) is 0.259. The van der Waals surface area contributed by atoms with E-state index < -0.39 is 0 Å². The summed E-state index contributed by atoms with van der Waals surface area (Å²) in [5, 5.41) is 1.95. The molecule has 0 N–H and O–H groups in total. The lowest BCUT2D eigenvalue weighted by Gasteiger charge is -2.37. The molecule has 0 unspecified atom stereocenters. The van der Waals surface area contributed by atoms with E-state index in [0.717, 1.165) is 29.1 Å². The number of hydrogen-bond donors (Lipinski definition) is 0. The Morgan fingerprint density at radius 1 is 0.727 bits per heavy atom. The lowest BCUT2D eigenvalue weighted by molar-refractivity contribution is -0.120. The summed E-state index contributed by atoms with van der Waals surface area (Å²) in [7, 11) is 0. The summed E-state index contributed by atoms with van der Waals surface area (Å²) in [6.07, 6.45) is 0. The minimum atomic E-state index is -0.234. The molecule has 33 heavy (non-hydrogen) atoms. The molecule has 3 aromatic rings. The molecule has 0 spiro atoms. The molecule has 2 amide bonds. The number of rotatable bonds is 4. The van der Waals surface area contributed by atoms with Crippen LogP contribution in [-0.2, 0) is 9.59 Å². The smallest absolute Gasteiger partial charge is 0.282 e. The number of imide groups is 1. The van der Waals surface area contributed by atoms with Crippen LogP contribution in [0.2, 0.25) is 0 Å². The Labute approximate surface area is 198 Å². The second-order valence-electron chi connectivity index (χ2n) is 8.73. The Hall–Kier alpha value is -3.38. The number of thiophene rings is 1. The minimum Gasteiger partial charge on any atom is -0.368 e. The molecule has 0 atom stereocenters. The number of piperazine rings is 1. The summed E-state index contributed by atoms with van der Waals surface area (Å²) in [5.41, 5.74) is 6.33. The van der Waals surface area contributed by atoms with Crippen LogP contribution in [0.25, 0.3) is 5.57 Å². The Kier molecular flexibility index (Phi) is 5.54. The highest BCUT2D eigenvalue weighted by Crippen LogP contribution is 2.37. The second kappa shape index (κ2) is 8.52. The lowest BCUT2D eigenvalue weighted by atomic mass is 10.1. The minimum absolute atomic E-state index is 0.226. The van der Waals surface area contributed by atoms with Crippen molar-refractivity contribution in [3.63, 3.8) is 0 Å². The zero-order chi connectivity index (χ0) is 23.1. The molecule has 2 aliphatic rings. The van der Waals surface area contributed by atoms with Crippen LogP contribution in [-0.4, -0.2) is 42.9 Å². The number of anilines is 2. The van der Waals surface area contributed by atoms with Gasteiger partial charge in [0.25, 0.3) is 11.8 Å². The summed E-state index contributed by atoms with van der Waals surface area (Å²) >= 11 is 1.50. The molecular weight excluding hydrogens is 430 g/mol. The third-order valence-electron chi connectivity index (χ3n) is 6.54. The molecule has 2 aromatic carbocycles. The van der Waals surface area contributed by atoms with Crippen LogP contribution in [0, 0.1) is 20.8 Å². The van der Waals surface area contributed by atoms with E-state index in [9.17, 15) is 9.59 Å². The zero-order valence-electron chi connectivity index (χ0n) is 19.2. The Bertz CT molecular complexity index is 1250. The van der Waals surface area contributed by atoms with Gasteiger partial charge in [0.05, 0.1) is 11.3 Å². The van der Waals surface area contributed by atoms with Gasteiger partial charge in [0.2, 0.25) is 0 Å². The van der Waals surface area contributed by atoms with Crippen molar-refractivity contribution >= 4 is 40.1 Å². The van der Waals surface area contributed by atoms with E-state index in [0.29, 0.717) is 30.0 Å². The van der Waals surface area contributed by atoms with Crippen molar-refractivity contribution < 1.29 is 9.59 Å². The van der Waals surface area contributed by atoms with Crippen LogP contribution in [0.3, 0.4) is 0 Å². The summed E-state index contributed by atoms with van der Waals surface area (Å²) in [5.74, 6) is -0.461. The first kappa shape index (κ1) is 21.5. The highest BCUT2D eigenvalue weighted by atomic mass is 32.1. The molecular formula is C27H27N3O2S. The molecule has 0 aliphatic carbocycles. The molecule has 0 bridgehead atoms. The summed E-state index contributed by atoms with van der Waals surface area (Å²) in [4.78, 5) is 34.0. The number of nitrogens with zero attached hydrogens (tertiary/aromatic N) is 3. The summed E-state index contributed by atoms with van der Waals surface area (Å²) < 4.78 is 0. The second-order valence-corrected chi connectivity index (χ2v) is 9.68. The maximum Gasteiger partial charge on any atom is 0.282 e. The van der Waals surface area contributed by atoms with Crippen molar-refractivity contribution in [2.75, 3.05) is 36.0 Å². The number of carbonyl (C=O) groups excluding carboxylic acids is 2. The predicted octanol–water partition coefficient (Wildman–Crippen LogP) is 4.78. The van der Waals surface area contributed by atoms with Crippen LogP contribution in [0.15, 0.2) is 65.7 Å². The van der Waals surface area contributed by atoms with E-state index in [4.69, 9.17) is 0 Å². The van der Waals surface area contributed by atoms with Gasteiger partial charge in [0.1, 0.15) is 5.70 Å². The number of hydrogen-bond acceptors (Lipinski definition) is 5. The highest BCUT2D eigenvalue weighted by Gasteiger charge is 2.43. The normalized spacial score (nSPS) is 16.9. The first-order valence-electron chi connectivity index (χ1n) is 11.2. The van der Waals surface area contributed by atoms with Gasteiger partial charge in [-0.2, -0.15) is 0 Å². The van der Waals surface area contributed by atoms with Crippen molar-refractivity contribution in [1.82, 2.24) is 4.90 Å². The number of benzene rings is 2. The summed E-state index contributed by atoms with van der Waals surface area (Å²) in [6.45, 7) is 9.12. The largest absolute Gasteiger partial charge is 0.368 e. The summed E-state index contributed by atoms with van der Waals surface area (Å²) in [6, 6.07) is 18.1. The van der Waals surface area contributed by atoms with Crippen molar-refractivity contribution in [2.24, 2.45) is 0 Å². The van der Waals surface area contributed by atoms with Crippen LogP contribution >= 0.6 is 11.3 Å². The molecule has 1 aromatic heterocycles. The fourth-order valence-electron chi connectivity index (χ4n) is 4.57. The fourth-order valence-corrected chi connectivity index (χ4v) is 5.33. The van der Waals surface area contributed by atoms with Gasteiger partial charge >= 0.3 is 0 Å². The topological polar surface area (TPSA) is 43.9 Å². The van der Waals surface area contributed by atoms with Crippen LogP contribution in [0.4, 0.5) is 11.4 Å². The SMILES string of the molecule is Cc1cccc(N2CCN(C3=C(c4cccs4)C(=O)N(c4ccc(C)c(C)c4)C3=O)CC2)c1. The standard InChI is InChI=1S/C27H27N3O2S/c1-18-6-4-7-21(16-18)28-11-13-29(14-12-28)25-24(23-8-5-15-33-23)26(31)30(27(25)32)22-10-9-19(2)20(3)17-22/h4-10,15-17H,11-14H2,1-3H3. The van der Waals surface area contributed by atoms with Crippen molar-refractivity contribution in [3.8, 4) is 0 Å². The van der Waals surface area contributed by atoms with E-state index in [-0.39, 0.29) is 11.8 Å². The van der Waals surface area contributed by atoms with Crippen LogP contribution in [0.1, 0.15) is 21.6 Å². The van der Waals surface area contributed by atoms with Gasteiger partial charge in [-0.1, -0.05) is 24.3 Å². The average molecular weight is 458 g/mol. The maximum atomic E-state index is 13.7. The lowest BCUT2D eigenvalue weighted by Crippen LogP contribution is -2.47.